The number of methoxy groups -OCH3 is 2. The Bertz CT molecular complexity index is 699. The van der Waals surface area contributed by atoms with Crippen molar-refractivity contribution in [3.05, 3.63) is 17.7 Å². The molecule has 1 aromatic rings. The Morgan fingerprint density at radius 3 is 2.62 bits per heavy atom. The van der Waals surface area contributed by atoms with Crippen LogP contribution in [0.25, 0.3) is 0 Å². The topological polar surface area (TPSA) is 74.3 Å². The van der Waals surface area contributed by atoms with E-state index >= 15 is 0 Å². The molecule has 0 aromatic heterocycles. The van der Waals surface area contributed by atoms with E-state index in [1.165, 1.54) is 14.2 Å². The van der Waals surface area contributed by atoms with Gasteiger partial charge in [-0.3, -0.25) is 4.79 Å². The van der Waals surface area contributed by atoms with Crippen LogP contribution in [0, 0.1) is 0 Å². The van der Waals surface area contributed by atoms with Crippen molar-refractivity contribution in [2.45, 2.75) is 24.9 Å². The Morgan fingerprint density at radius 2 is 2.00 bits per heavy atom. The van der Waals surface area contributed by atoms with Crippen LogP contribution in [0.5, 0.6) is 17.2 Å². The molecular weight excluding hydrogens is 362 g/mol. The van der Waals surface area contributed by atoms with Gasteiger partial charge in [0.25, 0.3) is 0 Å². The Labute approximate surface area is 157 Å². The Hall–Kier alpha value is -2.15. The summed E-state index contributed by atoms with van der Waals surface area (Å²) in [6.07, 6.45) is 0.964. The van der Waals surface area contributed by atoms with Gasteiger partial charge in [0.05, 0.1) is 32.1 Å². The summed E-state index contributed by atoms with van der Waals surface area (Å²) in [5, 5.41) is 0. The number of hydrogen-bond donors (Lipinski definition) is 0. The van der Waals surface area contributed by atoms with Crippen LogP contribution in [0.3, 0.4) is 0 Å². The lowest BCUT2D eigenvalue weighted by Crippen LogP contribution is -2.52. The zero-order valence-corrected chi connectivity index (χ0v) is 15.6. The number of ether oxygens (including phenoxy) is 4. The van der Waals surface area contributed by atoms with E-state index < -0.39 is 5.60 Å². The van der Waals surface area contributed by atoms with Crippen LogP contribution in [-0.2, 0) is 4.74 Å². The van der Waals surface area contributed by atoms with Crippen LogP contribution in [-0.4, -0.2) is 62.2 Å². The minimum Gasteiger partial charge on any atom is -0.493 e. The summed E-state index contributed by atoms with van der Waals surface area (Å²) < 4.78 is 22.1. The lowest BCUT2D eigenvalue weighted by molar-refractivity contribution is -0.0103. The fraction of sp³-hybridized carbons (Fsp3) is 0.556. The molecule has 2 aliphatic heterocycles. The van der Waals surface area contributed by atoms with Gasteiger partial charge in [0.15, 0.2) is 17.3 Å². The van der Waals surface area contributed by atoms with Gasteiger partial charge in [-0.1, -0.05) is 0 Å². The number of rotatable bonds is 4. The number of alkyl halides is 1. The molecule has 1 fully saturated rings. The van der Waals surface area contributed by atoms with Crippen LogP contribution in [0.15, 0.2) is 12.1 Å². The van der Waals surface area contributed by atoms with Crippen LogP contribution in [0.1, 0.15) is 29.6 Å². The standard InChI is InChI=1S/C18H22ClNO6/c1-23-14-4-3-12-13(21)11-18(26-15(12)16(14)24-2)5-8-20(9-6-18)17(22)25-10-7-19/h3-4H,5-11H2,1-2H3. The molecule has 142 valence electrons. The third kappa shape index (κ3) is 3.40. The zero-order valence-electron chi connectivity index (χ0n) is 14.9. The number of ketones is 1. The monoisotopic (exact) mass is 383 g/mol. The van der Waals surface area contributed by atoms with Crippen LogP contribution < -0.4 is 14.2 Å². The summed E-state index contributed by atoms with van der Waals surface area (Å²) in [5.41, 5.74) is -0.148. The molecule has 0 unspecified atom stereocenters. The number of fused-ring (bicyclic) bond motifs is 1. The van der Waals surface area contributed by atoms with Gasteiger partial charge in [-0.05, 0) is 12.1 Å². The fourth-order valence-electron chi connectivity index (χ4n) is 3.45. The fourth-order valence-corrected chi connectivity index (χ4v) is 3.53. The Morgan fingerprint density at radius 1 is 1.27 bits per heavy atom. The van der Waals surface area contributed by atoms with Gasteiger partial charge in [-0.15, -0.1) is 11.6 Å². The maximum absolute atomic E-state index is 12.7. The zero-order chi connectivity index (χ0) is 18.7. The molecule has 0 N–H and O–H groups in total. The number of carbonyl (C=O) groups excluding carboxylic acids is 2. The van der Waals surface area contributed by atoms with Gasteiger partial charge in [-0.2, -0.15) is 0 Å². The molecule has 0 bridgehead atoms. The van der Waals surface area contributed by atoms with E-state index in [2.05, 4.69) is 0 Å². The first-order valence-corrected chi connectivity index (χ1v) is 9.02. The summed E-state index contributed by atoms with van der Waals surface area (Å²) in [6, 6.07) is 3.40. The van der Waals surface area contributed by atoms with E-state index in [-0.39, 0.29) is 30.8 Å². The quantitative estimate of drug-likeness (QED) is 0.744. The van der Waals surface area contributed by atoms with E-state index in [9.17, 15) is 9.59 Å². The van der Waals surface area contributed by atoms with Gasteiger partial charge < -0.3 is 23.8 Å². The highest BCUT2D eigenvalue weighted by Crippen LogP contribution is 2.47. The average Bonchev–Trinajstić information content (AvgIpc) is 2.65. The van der Waals surface area contributed by atoms with Crippen molar-refractivity contribution in [1.82, 2.24) is 4.90 Å². The Kier molecular flexibility index (Phi) is 5.46. The van der Waals surface area contributed by atoms with Crippen LogP contribution in [0.2, 0.25) is 0 Å². The second-order valence-corrected chi connectivity index (χ2v) is 6.73. The maximum atomic E-state index is 12.7. The van der Waals surface area contributed by atoms with Crippen molar-refractivity contribution in [3.63, 3.8) is 0 Å². The molecule has 1 aromatic carbocycles. The molecule has 1 saturated heterocycles. The highest BCUT2D eigenvalue weighted by atomic mass is 35.5. The molecule has 2 aliphatic rings. The molecule has 0 saturated carbocycles. The van der Waals surface area contributed by atoms with Gasteiger partial charge in [-0.25, -0.2) is 4.79 Å². The molecule has 1 spiro atoms. The summed E-state index contributed by atoms with van der Waals surface area (Å²) in [7, 11) is 3.05. The van der Waals surface area contributed by atoms with Gasteiger partial charge in [0.1, 0.15) is 12.2 Å². The maximum Gasteiger partial charge on any atom is 0.409 e. The van der Waals surface area contributed by atoms with Crippen molar-refractivity contribution in [3.8, 4) is 17.2 Å². The number of halogens is 1. The number of benzene rings is 1. The van der Waals surface area contributed by atoms with E-state index in [4.69, 9.17) is 30.5 Å². The molecule has 0 atom stereocenters. The first kappa shape index (κ1) is 18.6. The number of Topliss-reactive ketones (excluding diaryl/α,β-unsaturated/α-hetero) is 1. The van der Waals surface area contributed by atoms with Crippen LogP contribution >= 0.6 is 11.6 Å². The molecular formula is C18H22ClNO6. The summed E-state index contributed by atoms with van der Waals surface area (Å²) in [5.74, 6) is 1.62. The largest absolute Gasteiger partial charge is 0.493 e. The summed E-state index contributed by atoms with van der Waals surface area (Å²) in [6.45, 7) is 1.09. The molecule has 8 heteroatoms. The minimum absolute atomic E-state index is 0.00497. The normalized spacial score (nSPS) is 18.1. The smallest absolute Gasteiger partial charge is 0.409 e. The van der Waals surface area contributed by atoms with Crippen molar-refractivity contribution < 1.29 is 28.5 Å². The number of hydrogen-bond acceptors (Lipinski definition) is 6. The number of amides is 1. The third-order valence-electron chi connectivity index (χ3n) is 4.84. The molecule has 3 rings (SSSR count). The number of nitrogens with zero attached hydrogens (tertiary/aromatic N) is 1. The SMILES string of the molecule is COc1ccc2c(c1OC)OC1(CCN(C(=O)OCCCl)CC1)CC2=O. The highest BCUT2D eigenvalue weighted by molar-refractivity contribution is 6.18. The van der Waals surface area contributed by atoms with Gasteiger partial charge in [0.2, 0.25) is 5.75 Å². The van der Waals surface area contributed by atoms with E-state index in [0.29, 0.717) is 48.7 Å². The van der Waals surface area contributed by atoms with Crippen molar-refractivity contribution in [2.75, 3.05) is 39.8 Å². The summed E-state index contributed by atoms with van der Waals surface area (Å²) >= 11 is 5.54. The van der Waals surface area contributed by atoms with Crippen molar-refractivity contribution in [1.29, 1.82) is 0 Å². The number of likely N-dealkylation sites (tertiary alicyclic amines) is 1. The molecule has 7 nitrogen and oxygen atoms in total. The number of piperidine rings is 1. The van der Waals surface area contributed by atoms with Gasteiger partial charge in [0, 0.05) is 25.9 Å². The summed E-state index contributed by atoms with van der Waals surface area (Å²) in [4.78, 5) is 26.3. The van der Waals surface area contributed by atoms with Crippen LogP contribution in [0.4, 0.5) is 4.79 Å². The lowest BCUT2D eigenvalue weighted by atomic mass is 9.82. The predicted octanol–water partition coefficient (Wildman–Crippen LogP) is 2.88. The van der Waals surface area contributed by atoms with E-state index in [1.807, 2.05) is 0 Å². The molecule has 0 aliphatic carbocycles. The van der Waals surface area contributed by atoms with Gasteiger partial charge >= 0.3 is 6.09 Å². The molecule has 2 heterocycles. The predicted molar refractivity (Wildman–Crippen MR) is 94.7 cm³/mol. The first-order valence-electron chi connectivity index (χ1n) is 8.48. The second kappa shape index (κ2) is 7.61. The van der Waals surface area contributed by atoms with E-state index in [0.717, 1.165) is 0 Å². The van der Waals surface area contributed by atoms with E-state index in [1.54, 1.807) is 17.0 Å². The molecule has 26 heavy (non-hydrogen) atoms. The molecule has 1 amide bonds. The third-order valence-corrected chi connectivity index (χ3v) is 4.99. The highest BCUT2D eigenvalue weighted by Gasteiger charge is 2.45. The number of carbonyl (C=O) groups is 2. The van der Waals surface area contributed by atoms with Crippen molar-refractivity contribution in [2.24, 2.45) is 0 Å². The minimum atomic E-state index is -0.646. The average molecular weight is 384 g/mol. The first-order chi connectivity index (χ1) is 12.5. The molecule has 0 radical (unpaired) electrons. The second-order valence-electron chi connectivity index (χ2n) is 6.35. The van der Waals surface area contributed by atoms with Crippen molar-refractivity contribution >= 4 is 23.5 Å². The Balaban J connectivity index is 1.79. The lowest BCUT2D eigenvalue weighted by Gasteiger charge is -2.43.